The Morgan fingerprint density at radius 2 is 1.13 bits per heavy atom. The van der Waals surface area contributed by atoms with E-state index in [2.05, 4.69) is 0 Å². The van der Waals surface area contributed by atoms with E-state index in [0.717, 1.165) is 0 Å². The van der Waals surface area contributed by atoms with Crippen molar-refractivity contribution in [2.24, 2.45) is 22.7 Å². The van der Waals surface area contributed by atoms with E-state index in [9.17, 15) is 40.2 Å². The molecule has 4 rings (SSSR count). The zero-order chi connectivity index (χ0) is 39.3. The number of aliphatic hydroxyl groups is 6. The topological polar surface area (TPSA) is 202 Å². The molecule has 298 valence electrons. The standard InChI is InChI=1S/C41H56O13/c1-50-31-7-4-27(5-8-31)18-32(38(48)53-23-29-10-12-40(25-44,14-16-42)36(46)21-29)33(19-28-6-9-34(51-2)35(20-28)52-3)39(49)54-24-30-11-13-41(26-45,15-17-43)37(47)22-30/h4-9,18-20,29-30,36-37,42-47H,10-17,21-26H2,1-3H3/b32-18?,33-19-/t29-,30-,36-,37-,40+,41+/m0/s1. The molecule has 2 aromatic carbocycles. The second-order valence-electron chi connectivity index (χ2n) is 14.5. The van der Waals surface area contributed by atoms with Crippen LogP contribution in [0, 0.1) is 22.7 Å². The summed E-state index contributed by atoms with van der Waals surface area (Å²) in [7, 11) is 4.51. The third-order valence-corrected chi connectivity index (χ3v) is 11.3. The van der Waals surface area contributed by atoms with Gasteiger partial charge in [0.1, 0.15) is 5.75 Å². The summed E-state index contributed by atoms with van der Waals surface area (Å²) in [6, 6.07) is 11.9. The molecular weight excluding hydrogens is 700 g/mol. The zero-order valence-electron chi connectivity index (χ0n) is 31.4. The maximum atomic E-state index is 14.2. The van der Waals surface area contributed by atoms with Crippen LogP contribution in [0.1, 0.15) is 62.5 Å². The fourth-order valence-electron chi connectivity index (χ4n) is 7.55. The number of carbonyl (C=O) groups is 2. The lowest BCUT2D eigenvalue weighted by molar-refractivity contribution is -0.146. The first-order valence-corrected chi connectivity index (χ1v) is 18.4. The highest BCUT2D eigenvalue weighted by Gasteiger charge is 2.43. The lowest BCUT2D eigenvalue weighted by Gasteiger charge is -2.42. The third kappa shape index (κ3) is 10.4. The molecule has 2 aliphatic carbocycles. The van der Waals surface area contributed by atoms with E-state index in [0.29, 0.717) is 54.1 Å². The number of ether oxygens (including phenoxy) is 5. The monoisotopic (exact) mass is 756 g/mol. The second kappa shape index (κ2) is 20.1. The molecule has 0 unspecified atom stereocenters. The van der Waals surface area contributed by atoms with Crippen molar-refractivity contribution in [1.82, 2.24) is 0 Å². The molecule has 0 bridgehead atoms. The smallest absolute Gasteiger partial charge is 0.339 e. The van der Waals surface area contributed by atoms with Crippen molar-refractivity contribution >= 4 is 24.1 Å². The van der Waals surface area contributed by atoms with Crippen LogP contribution < -0.4 is 14.2 Å². The Morgan fingerprint density at radius 1 is 0.667 bits per heavy atom. The maximum absolute atomic E-state index is 14.2. The highest BCUT2D eigenvalue weighted by Crippen LogP contribution is 2.43. The van der Waals surface area contributed by atoms with E-state index in [1.54, 1.807) is 42.5 Å². The molecule has 2 saturated carbocycles. The van der Waals surface area contributed by atoms with Crippen LogP contribution >= 0.6 is 0 Å². The summed E-state index contributed by atoms with van der Waals surface area (Å²) < 4.78 is 27.9. The number of aliphatic hydroxyl groups excluding tert-OH is 6. The predicted octanol–water partition coefficient (Wildman–Crippen LogP) is 3.31. The van der Waals surface area contributed by atoms with Gasteiger partial charge in [0.2, 0.25) is 0 Å². The van der Waals surface area contributed by atoms with Crippen LogP contribution in [0.2, 0.25) is 0 Å². The van der Waals surface area contributed by atoms with Crippen molar-refractivity contribution in [2.75, 3.05) is 61.0 Å². The number of hydrogen-bond acceptors (Lipinski definition) is 13. The van der Waals surface area contributed by atoms with Crippen molar-refractivity contribution in [3.8, 4) is 17.2 Å². The highest BCUT2D eigenvalue weighted by atomic mass is 16.5. The van der Waals surface area contributed by atoms with Crippen molar-refractivity contribution < 1.29 is 63.9 Å². The lowest BCUT2D eigenvalue weighted by Crippen LogP contribution is -2.45. The molecule has 2 fully saturated rings. The Bertz CT molecular complexity index is 1590. The fourth-order valence-corrected chi connectivity index (χ4v) is 7.55. The normalized spacial score (nSPS) is 26.2. The Hall–Kier alpha value is -3.98. The molecule has 0 aromatic heterocycles. The number of hydrogen-bond donors (Lipinski definition) is 6. The summed E-state index contributed by atoms with van der Waals surface area (Å²) in [4.78, 5) is 28.3. The average Bonchev–Trinajstić information content (AvgIpc) is 3.19. The molecule has 13 nitrogen and oxygen atoms in total. The molecule has 0 aliphatic heterocycles. The summed E-state index contributed by atoms with van der Waals surface area (Å²) >= 11 is 0. The van der Waals surface area contributed by atoms with Crippen molar-refractivity contribution in [2.45, 2.75) is 63.6 Å². The van der Waals surface area contributed by atoms with Crippen LogP contribution in [0.4, 0.5) is 0 Å². The third-order valence-electron chi connectivity index (χ3n) is 11.3. The number of methoxy groups -OCH3 is 3. The summed E-state index contributed by atoms with van der Waals surface area (Å²) in [6.07, 6.45) is 4.20. The minimum Gasteiger partial charge on any atom is -0.497 e. The van der Waals surface area contributed by atoms with Gasteiger partial charge in [0, 0.05) is 24.0 Å². The Balaban J connectivity index is 1.67. The Labute approximate surface area is 316 Å². The number of benzene rings is 2. The van der Waals surface area contributed by atoms with E-state index in [4.69, 9.17) is 23.7 Å². The SMILES string of the molecule is COc1ccc(C=C(C(=O)OC[C@H]2CC[C@](CO)(CCO)[C@@H](O)C2)/C(=C/c2ccc(OC)c(OC)c2)C(=O)OC[C@H]2CC[C@](CO)(CCO)[C@@H](O)C2)cc1. The minimum atomic E-state index is -0.904. The first-order chi connectivity index (χ1) is 26.0. The molecule has 0 spiro atoms. The van der Waals surface area contributed by atoms with Crippen LogP contribution in [0.5, 0.6) is 17.2 Å². The summed E-state index contributed by atoms with van der Waals surface area (Å²) in [6.45, 7) is -1.01. The molecular formula is C41H56O13. The first kappa shape index (κ1) is 42.8. The second-order valence-corrected chi connectivity index (χ2v) is 14.5. The number of rotatable bonds is 18. The van der Waals surface area contributed by atoms with Crippen LogP contribution in [-0.4, -0.2) is 116 Å². The zero-order valence-corrected chi connectivity index (χ0v) is 31.4. The molecule has 0 radical (unpaired) electrons. The minimum absolute atomic E-state index is 0.0599. The van der Waals surface area contributed by atoms with Gasteiger partial charge >= 0.3 is 11.9 Å². The predicted molar refractivity (Wildman–Crippen MR) is 200 cm³/mol. The maximum Gasteiger partial charge on any atom is 0.339 e. The van der Waals surface area contributed by atoms with Gasteiger partial charge < -0.3 is 54.3 Å². The Morgan fingerprint density at radius 3 is 1.54 bits per heavy atom. The van der Waals surface area contributed by atoms with Crippen LogP contribution in [0.3, 0.4) is 0 Å². The van der Waals surface area contributed by atoms with Crippen LogP contribution in [-0.2, 0) is 19.1 Å². The van der Waals surface area contributed by atoms with Gasteiger partial charge in [-0.25, -0.2) is 9.59 Å². The number of carbonyl (C=O) groups excluding carboxylic acids is 2. The van der Waals surface area contributed by atoms with E-state index < -0.39 is 35.0 Å². The average molecular weight is 757 g/mol. The van der Waals surface area contributed by atoms with Crippen molar-refractivity contribution in [3.05, 3.63) is 64.7 Å². The number of esters is 2. The van der Waals surface area contributed by atoms with Gasteiger partial charge in [-0.05, 0) is 111 Å². The van der Waals surface area contributed by atoms with Gasteiger partial charge in [-0.2, -0.15) is 0 Å². The summed E-state index contributed by atoms with van der Waals surface area (Å²) in [5, 5.41) is 61.0. The van der Waals surface area contributed by atoms with Gasteiger partial charge in [-0.1, -0.05) is 18.2 Å². The van der Waals surface area contributed by atoms with Gasteiger partial charge in [-0.15, -0.1) is 0 Å². The van der Waals surface area contributed by atoms with Gasteiger partial charge in [0.15, 0.2) is 11.5 Å². The van der Waals surface area contributed by atoms with Crippen molar-refractivity contribution in [1.29, 1.82) is 0 Å². The molecule has 0 saturated heterocycles. The molecule has 2 aliphatic rings. The molecule has 6 atom stereocenters. The Kier molecular flexibility index (Phi) is 15.9. The lowest BCUT2D eigenvalue weighted by atomic mass is 9.67. The van der Waals surface area contributed by atoms with E-state index in [1.807, 2.05) is 0 Å². The molecule has 2 aromatic rings. The quantitative estimate of drug-likeness (QED) is 0.0736. The molecule has 0 amide bonds. The van der Waals surface area contributed by atoms with Gasteiger partial charge in [0.05, 0.1) is 71.1 Å². The summed E-state index contributed by atoms with van der Waals surface area (Å²) in [5.41, 5.74) is -0.766. The molecule has 54 heavy (non-hydrogen) atoms. The summed E-state index contributed by atoms with van der Waals surface area (Å²) in [5.74, 6) is -0.638. The fraction of sp³-hybridized carbons (Fsp3) is 0.561. The van der Waals surface area contributed by atoms with Crippen LogP contribution in [0.25, 0.3) is 12.2 Å². The molecule has 6 N–H and O–H groups in total. The molecule has 0 heterocycles. The van der Waals surface area contributed by atoms with Gasteiger partial charge in [0.25, 0.3) is 0 Å². The highest BCUT2D eigenvalue weighted by molar-refractivity contribution is 6.12. The van der Waals surface area contributed by atoms with E-state index in [-0.39, 0.29) is 88.3 Å². The van der Waals surface area contributed by atoms with Crippen LogP contribution in [0.15, 0.2) is 53.6 Å². The van der Waals surface area contributed by atoms with E-state index in [1.165, 1.54) is 33.5 Å². The first-order valence-electron chi connectivity index (χ1n) is 18.4. The van der Waals surface area contributed by atoms with Crippen molar-refractivity contribution in [3.63, 3.8) is 0 Å². The molecule has 13 heteroatoms. The van der Waals surface area contributed by atoms with E-state index >= 15 is 0 Å². The largest absolute Gasteiger partial charge is 0.497 e. The van der Waals surface area contributed by atoms with Gasteiger partial charge in [-0.3, -0.25) is 0 Å².